The third-order valence-electron chi connectivity index (χ3n) is 12.4. The van der Waals surface area contributed by atoms with Crippen molar-refractivity contribution >= 4 is 17.5 Å². The van der Waals surface area contributed by atoms with Crippen LogP contribution >= 0.6 is 0 Å². The molecule has 0 aromatic rings. The molecule has 0 saturated heterocycles. The summed E-state index contributed by atoms with van der Waals surface area (Å²) < 4.78 is 0. The fraction of sp³-hybridized carbons (Fsp3) is 0.742. The Morgan fingerprint density at radius 3 is 2.25 bits per heavy atom. The van der Waals surface area contributed by atoms with Crippen molar-refractivity contribution in [2.24, 2.45) is 56.0 Å². The summed E-state index contributed by atoms with van der Waals surface area (Å²) in [5.41, 5.74) is 5.10. The molecule has 0 radical (unpaired) electrons. The molecule has 5 aliphatic carbocycles. The predicted octanol–water partition coefficient (Wildman–Crippen LogP) is 5.69. The van der Waals surface area contributed by atoms with Crippen LogP contribution < -0.4 is 5.73 Å². The molecule has 0 heterocycles. The van der Waals surface area contributed by atoms with E-state index >= 15 is 0 Å². The molecule has 5 heteroatoms. The Bertz CT molecular complexity index is 1180. The molecule has 3 saturated carbocycles. The number of hydrogen-bond acceptors (Lipinski definition) is 4. The van der Waals surface area contributed by atoms with Gasteiger partial charge >= 0.3 is 0 Å². The Kier molecular flexibility index (Phi) is 5.09. The highest BCUT2D eigenvalue weighted by Crippen LogP contribution is 2.74. The summed E-state index contributed by atoms with van der Waals surface area (Å²) in [4.78, 5) is 40.4. The monoisotopic (exact) mass is 490 g/mol. The normalized spacial score (nSPS) is 46.7. The first-order chi connectivity index (χ1) is 16.5. The number of fused-ring (bicyclic) bond motifs is 7. The minimum atomic E-state index is -0.668. The second kappa shape index (κ2) is 7.21. The first-order valence-corrected chi connectivity index (χ1v) is 13.7. The van der Waals surface area contributed by atoms with E-state index in [-0.39, 0.29) is 57.0 Å². The van der Waals surface area contributed by atoms with E-state index in [9.17, 15) is 19.6 Å². The second-order valence-corrected chi connectivity index (χ2v) is 14.8. The first-order valence-electron chi connectivity index (χ1n) is 13.7. The summed E-state index contributed by atoms with van der Waals surface area (Å²) in [5.74, 6) is -0.478. The first kappa shape index (κ1) is 25.4. The number of nitriles is 1. The molecule has 0 spiro atoms. The molecule has 0 bridgehead atoms. The number of hydrogen-bond donors (Lipinski definition) is 1. The fourth-order valence-corrected chi connectivity index (χ4v) is 10.1. The number of amides is 1. The highest BCUT2D eigenvalue weighted by Gasteiger charge is 2.70. The van der Waals surface area contributed by atoms with Gasteiger partial charge in [-0.15, -0.1) is 0 Å². The Balaban J connectivity index is 1.71. The molecule has 1 amide bonds. The van der Waals surface area contributed by atoms with Crippen LogP contribution in [0.15, 0.2) is 23.3 Å². The maximum atomic E-state index is 14.3. The molecule has 0 aromatic heterocycles. The van der Waals surface area contributed by atoms with Crippen molar-refractivity contribution in [1.82, 2.24) is 0 Å². The van der Waals surface area contributed by atoms with E-state index in [0.29, 0.717) is 0 Å². The standard InChI is InChI=1S/C31H42N2O3/c1-26(2)10-12-31(25(33)36)13-11-30(7)23(19(31)16-26)20(34)14-22-28(5)15-18(17-32)24(35)27(3,4)21(28)8-9-29(22,30)6/h14-15,19,21,23H,8-13,16H2,1-7H3,(H2,33,36)/t19-,21?,23-,28-,29+,30+,31-/m0/s1. The lowest BCUT2D eigenvalue weighted by atomic mass is 9.34. The Labute approximate surface area is 215 Å². The van der Waals surface area contributed by atoms with Crippen LogP contribution in [0.1, 0.15) is 93.4 Å². The van der Waals surface area contributed by atoms with Crippen molar-refractivity contribution in [1.29, 1.82) is 5.26 Å². The lowest BCUT2D eigenvalue weighted by Gasteiger charge is -2.68. The molecule has 3 fully saturated rings. The molecule has 0 aromatic carbocycles. The molecule has 194 valence electrons. The molecule has 5 aliphatic rings. The van der Waals surface area contributed by atoms with Crippen LogP contribution in [0.5, 0.6) is 0 Å². The Morgan fingerprint density at radius 2 is 1.64 bits per heavy atom. The van der Waals surface area contributed by atoms with Gasteiger partial charge in [-0.25, -0.2) is 0 Å². The number of ketones is 2. The number of allylic oxidation sites excluding steroid dienone is 4. The van der Waals surface area contributed by atoms with Crippen LogP contribution in [0.25, 0.3) is 0 Å². The maximum absolute atomic E-state index is 14.3. The van der Waals surface area contributed by atoms with Gasteiger partial charge < -0.3 is 5.73 Å². The van der Waals surface area contributed by atoms with Crippen molar-refractivity contribution in [2.75, 3.05) is 0 Å². The summed E-state index contributed by atoms with van der Waals surface area (Å²) in [7, 11) is 0. The number of nitrogens with zero attached hydrogens (tertiary/aromatic N) is 1. The quantitative estimate of drug-likeness (QED) is 0.510. The third kappa shape index (κ3) is 2.85. The van der Waals surface area contributed by atoms with E-state index < -0.39 is 16.2 Å². The van der Waals surface area contributed by atoms with Gasteiger partial charge in [0.05, 0.1) is 11.0 Å². The van der Waals surface area contributed by atoms with Crippen molar-refractivity contribution < 1.29 is 14.4 Å². The number of carbonyl (C=O) groups is 3. The second-order valence-electron chi connectivity index (χ2n) is 14.8. The van der Waals surface area contributed by atoms with Gasteiger partial charge in [0.2, 0.25) is 5.91 Å². The van der Waals surface area contributed by atoms with Gasteiger partial charge in [0, 0.05) is 16.7 Å². The van der Waals surface area contributed by atoms with Crippen LogP contribution in [-0.2, 0) is 14.4 Å². The zero-order chi connectivity index (χ0) is 26.7. The highest BCUT2D eigenvalue weighted by atomic mass is 16.1. The van der Waals surface area contributed by atoms with E-state index in [4.69, 9.17) is 5.73 Å². The van der Waals surface area contributed by atoms with Crippen LogP contribution in [0.4, 0.5) is 0 Å². The van der Waals surface area contributed by atoms with Crippen LogP contribution in [0.2, 0.25) is 0 Å². The molecule has 36 heavy (non-hydrogen) atoms. The van der Waals surface area contributed by atoms with Crippen LogP contribution in [0, 0.1) is 61.6 Å². The van der Waals surface area contributed by atoms with Crippen molar-refractivity contribution in [2.45, 2.75) is 93.4 Å². The number of rotatable bonds is 1. The van der Waals surface area contributed by atoms with Gasteiger partial charge in [0.25, 0.3) is 0 Å². The minimum absolute atomic E-state index is 0.0313. The van der Waals surface area contributed by atoms with Gasteiger partial charge in [-0.3, -0.25) is 14.4 Å². The van der Waals surface area contributed by atoms with Crippen LogP contribution in [0.3, 0.4) is 0 Å². The molecule has 2 N–H and O–H groups in total. The molecule has 1 unspecified atom stereocenters. The van der Waals surface area contributed by atoms with Crippen LogP contribution in [-0.4, -0.2) is 17.5 Å². The van der Waals surface area contributed by atoms with Gasteiger partial charge in [0.15, 0.2) is 11.6 Å². The summed E-state index contributed by atoms with van der Waals surface area (Å²) in [6, 6.07) is 2.16. The highest BCUT2D eigenvalue weighted by molar-refractivity contribution is 6.04. The van der Waals surface area contributed by atoms with E-state index in [1.54, 1.807) is 0 Å². The topological polar surface area (TPSA) is 101 Å². The van der Waals surface area contributed by atoms with Gasteiger partial charge in [-0.2, -0.15) is 5.26 Å². The van der Waals surface area contributed by atoms with E-state index in [2.05, 4.69) is 40.7 Å². The minimum Gasteiger partial charge on any atom is -0.369 e. The summed E-state index contributed by atoms with van der Waals surface area (Å²) in [5, 5.41) is 9.84. The van der Waals surface area contributed by atoms with E-state index in [0.717, 1.165) is 50.5 Å². The summed E-state index contributed by atoms with van der Waals surface area (Å²) in [6.07, 6.45) is 9.59. The smallest absolute Gasteiger partial charge is 0.223 e. The number of carbonyl (C=O) groups excluding carboxylic acids is 3. The summed E-state index contributed by atoms with van der Waals surface area (Å²) >= 11 is 0. The fourth-order valence-electron chi connectivity index (χ4n) is 10.1. The number of nitrogens with two attached hydrogens (primary N) is 1. The predicted molar refractivity (Wildman–Crippen MR) is 138 cm³/mol. The average molecular weight is 491 g/mol. The van der Waals surface area contributed by atoms with E-state index in [1.165, 1.54) is 0 Å². The lowest BCUT2D eigenvalue weighted by Crippen LogP contribution is -2.66. The molecule has 0 aliphatic heterocycles. The zero-order valence-electron chi connectivity index (χ0n) is 23.1. The molecular weight excluding hydrogens is 448 g/mol. The molecule has 5 nitrogen and oxygen atoms in total. The zero-order valence-corrected chi connectivity index (χ0v) is 23.1. The van der Waals surface area contributed by atoms with Gasteiger partial charge in [-0.1, -0.05) is 60.1 Å². The Morgan fingerprint density at radius 1 is 1.00 bits per heavy atom. The Hall–Kier alpha value is -2.22. The number of primary amides is 1. The SMILES string of the molecule is CC1(C)CC[C@]2(C(N)=O)CC[C@]3(C)[C@H](C(=O)C=C4[C@@]5(C)C=C(C#N)C(=O)C(C)(C)C5CC[C@]43C)[C@@H]2C1. The molecule has 7 atom stereocenters. The maximum Gasteiger partial charge on any atom is 0.223 e. The van der Waals surface area contributed by atoms with Crippen molar-refractivity contribution in [3.05, 3.63) is 23.3 Å². The van der Waals surface area contributed by atoms with Crippen molar-refractivity contribution in [3.8, 4) is 6.07 Å². The number of Topliss-reactive ketones (excluding diaryl/α,β-unsaturated/α-hetero) is 1. The molecular formula is C31H42N2O3. The summed E-state index contributed by atoms with van der Waals surface area (Å²) in [6.45, 7) is 15.2. The van der Waals surface area contributed by atoms with E-state index in [1.807, 2.05) is 26.0 Å². The lowest BCUT2D eigenvalue weighted by molar-refractivity contribution is -0.176. The third-order valence-corrected chi connectivity index (χ3v) is 12.4. The van der Waals surface area contributed by atoms with Crippen molar-refractivity contribution in [3.63, 3.8) is 0 Å². The average Bonchev–Trinajstić information content (AvgIpc) is 2.77. The van der Waals surface area contributed by atoms with Gasteiger partial charge in [-0.05, 0) is 79.1 Å². The molecule has 5 rings (SSSR count). The van der Waals surface area contributed by atoms with Gasteiger partial charge in [0.1, 0.15) is 6.07 Å². The largest absolute Gasteiger partial charge is 0.369 e.